The molecule has 1 fully saturated rings. The van der Waals surface area contributed by atoms with Gasteiger partial charge in [-0.2, -0.15) is 4.31 Å². The van der Waals surface area contributed by atoms with Gasteiger partial charge in [0, 0.05) is 36.3 Å². The fraction of sp³-hybridized carbons (Fsp3) is 0.300. The fourth-order valence-electron chi connectivity index (χ4n) is 3.64. The van der Waals surface area contributed by atoms with E-state index in [1.54, 1.807) is 18.2 Å². The number of fused-ring (bicyclic) bond motifs is 1. The van der Waals surface area contributed by atoms with Gasteiger partial charge in [0.05, 0.1) is 14.2 Å². The highest BCUT2D eigenvalue weighted by Gasteiger charge is 2.35. The van der Waals surface area contributed by atoms with Crippen LogP contribution in [0.25, 0.3) is 10.9 Å². The van der Waals surface area contributed by atoms with Crippen LogP contribution in [0.15, 0.2) is 53.4 Å². The Morgan fingerprint density at radius 3 is 2.63 bits per heavy atom. The summed E-state index contributed by atoms with van der Waals surface area (Å²) < 4.78 is 38.3. The summed E-state index contributed by atoms with van der Waals surface area (Å²) in [7, 11) is -0.639. The highest BCUT2D eigenvalue weighted by molar-refractivity contribution is 7.89. The van der Waals surface area contributed by atoms with Crippen LogP contribution in [0.3, 0.4) is 0 Å². The van der Waals surface area contributed by atoms with Crippen molar-refractivity contribution < 1.29 is 17.9 Å². The van der Waals surface area contributed by atoms with Crippen LogP contribution in [-0.4, -0.2) is 45.0 Å². The van der Waals surface area contributed by atoms with E-state index >= 15 is 0 Å². The summed E-state index contributed by atoms with van der Waals surface area (Å²) in [5, 5.41) is 1.14. The number of nitrogens with zero attached hydrogens (tertiary/aromatic N) is 1. The first-order chi connectivity index (χ1) is 13.0. The van der Waals surface area contributed by atoms with Crippen molar-refractivity contribution in [3.05, 3.63) is 54.2 Å². The van der Waals surface area contributed by atoms with E-state index < -0.39 is 10.0 Å². The lowest BCUT2D eigenvalue weighted by Crippen LogP contribution is -2.29. The van der Waals surface area contributed by atoms with Crippen molar-refractivity contribution in [3.8, 4) is 11.5 Å². The molecule has 0 saturated carbocycles. The number of hydrogen-bond acceptors (Lipinski definition) is 4. The van der Waals surface area contributed by atoms with Gasteiger partial charge in [-0.15, -0.1) is 0 Å². The molecule has 0 radical (unpaired) electrons. The number of benzene rings is 2. The number of aromatic amines is 1. The van der Waals surface area contributed by atoms with Crippen LogP contribution in [0.1, 0.15) is 18.0 Å². The molecule has 6 nitrogen and oxygen atoms in total. The summed E-state index contributed by atoms with van der Waals surface area (Å²) in [5.74, 6) is 1.00. The average molecular weight is 386 g/mol. The molecule has 0 amide bonds. The second kappa shape index (κ2) is 6.90. The summed E-state index contributed by atoms with van der Waals surface area (Å²) in [6.45, 7) is 0.932. The second-order valence-corrected chi connectivity index (χ2v) is 8.58. The molecule has 1 unspecified atom stereocenters. The molecule has 0 bridgehead atoms. The van der Waals surface area contributed by atoms with E-state index in [4.69, 9.17) is 9.47 Å². The number of sulfonamides is 1. The van der Waals surface area contributed by atoms with Crippen molar-refractivity contribution in [2.45, 2.75) is 17.2 Å². The van der Waals surface area contributed by atoms with Crippen molar-refractivity contribution >= 4 is 20.9 Å². The fourth-order valence-corrected chi connectivity index (χ4v) is 5.28. The lowest BCUT2D eigenvalue weighted by atomic mass is 10.1. The SMILES string of the molecule is COc1ccc(S(=O)(=O)N2CCC(c3cc4ccccc4[nH]3)C2)c(OC)c1. The summed E-state index contributed by atoms with van der Waals surface area (Å²) in [4.78, 5) is 3.59. The van der Waals surface area contributed by atoms with Gasteiger partial charge in [-0.25, -0.2) is 8.42 Å². The van der Waals surface area contributed by atoms with Gasteiger partial charge in [0.25, 0.3) is 0 Å². The maximum absolute atomic E-state index is 13.2. The lowest BCUT2D eigenvalue weighted by Gasteiger charge is -2.18. The van der Waals surface area contributed by atoms with Crippen molar-refractivity contribution in [1.29, 1.82) is 0 Å². The monoisotopic (exact) mass is 386 g/mol. The Balaban J connectivity index is 1.61. The highest BCUT2D eigenvalue weighted by Crippen LogP contribution is 2.36. The summed E-state index contributed by atoms with van der Waals surface area (Å²) >= 11 is 0. The Labute approximate surface area is 158 Å². The van der Waals surface area contributed by atoms with Crippen molar-refractivity contribution in [1.82, 2.24) is 9.29 Å². The van der Waals surface area contributed by atoms with Crippen molar-refractivity contribution in [2.24, 2.45) is 0 Å². The molecule has 4 rings (SSSR count). The van der Waals surface area contributed by atoms with Gasteiger partial charge in [0.1, 0.15) is 16.4 Å². The number of rotatable bonds is 5. The van der Waals surface area contributed by atoms with Crippen molar-refractivity contribution in [2.75, 3.05) is 27.3 Å². The first-order valence-corrected chi connectivity index (χ1v) is 10.3. The molecule has 142 valence electrons. The minimum absolute atomic E-state index is 0.149. The molecule has 1 aromatic heterocycles. The standard InChI is InChI=1S/C20H22N2O4S/c1-25-16-7-8-20(19(12-16)26-2)27(23,24)22-10-9-15(13-22)18-11-14-5-3-4-6-17(14)21-18/h3-8,11-12,15,21H,9-10,13H2,1-2H3. The van der Waals surface area contributed by atoms with E-state index in [0.29, 0.717) is 24.6 Å². The summed E-state index contributed by atoms with van der Waals surface area (Å²) in [5.41, 5.74) is 2.15. The van der Waals surface area contributed by atoms with E-state index in [9.17, 15) is 8.42 Å². The van der Waals surface area contributed by atoms with Gasteiger partial charge in [-0.3, -0.25) is 0 Å². The molecular formula is C20H22N2O4S. The first-order valence-electron chi connectivity index (χ1n) is 8.83. The van der Waals surface area contributed by atoms with Crippen LogP contribution in [0, 0.1) is 0 Å². The van der Waals surface area contributed by atoms with E-state index in [1.165, 1.54) is 18.5 Å². The number of aromatic nitrogens is 1. The molecule has 1 N–H and O–H groups in total. The predicted molar refractivity (Wildman–Crippen MR) is 104 cm³/mol. The van der Waals surface area contributed by atoms with Gasteiger partial charge >= 0.3 is 0 Å². The summed E-state index contributed by atoms with van der Waals surface area (Å²) in [6.07, 6.45) is 0.782. The second-order valence-electron chi connectivity index (χ2n) is 6.68. The lowest BCUT2D eigenvalue weighted by molar-refractivity contribution is 0.383. The molecule has 1 aliphatic rings. The maximum atomic E-state index is 13.2. The molecule has 0 aliphatic carbocycles. The van der Waals surface area contributed by atoms with Crippen LogP contribution >= 0.6 is 0 Å². The summed E-state index contributed by atoms with van der Waals surface area (Å²) in [6, 6.07) is 15.0. The zero-order valence-corrected chi connectivity index (χ0v) is 16.1. The van der Waals surface area contributed by atoms with Crippen LogP contribution < -0.4 is 9.47 Å². The number of H-pyrrole nitrogens is 1. The topological polar surface area (TPSA) is 71.6 Å². The molecule has 2 aromatic carbocycles. The molecule has 1 aliphatic heterocycles. The van der Waals surface area contributed by atoms with E-state index in [2.05, 4.69) is 17.1 Å². The molecule has 0 spiro atoms. The van der Waals surface area contributed by atoms with Gasteiger partial charge in [0.2, 0.25) is 10.0 Å². The average Bonchev–Trinajstić information content (AvgIpc) is 3.34. The van der Waals surface area contributed by atoms with Gasteiger partial charge in [0.15, 0.2) is 0 Å². The highest BCUT2D eigenvalue weighted by atomic mass is 32.2. The predicted octanol–water partition coefficient (Wildman–Crippen LogP) is 3.36. The minimum Gasteiger partial charge on any atom is -0.497 e. The normalized spacial score (nSPS) is 18.1. The van der Waals surface area contributed by atoms with Crippen LogP contribution in [-0.2, 0) is 10.0 Å². The Morgan fingerprint density at radius 1 is 1.07 bits per heavy atom. The zero-order chi connectivity index (χ0) is 19.0. The third-order valence-electron chi connectivity index (χ3n) is 5.13. The molecule has 27 heavy (non-hydrogen) atoms. The van der Waals surface area contributed by atoms with E-state index in [-0.39, 0.29) is 10.8 Å². The maximum Gasteiger partial charge on any atom is 0.246 e. The molecule has 2 heterocycles. The largest absolute Gasteiger partial charge is 0.497 e. The number of nitrogens with one attached hydrogen (secondary N) is 1. The van der Waals surface area contributed by atoms with E-state index in [1.807, 2.05) is 18.2 Å². The van der Waals surface area contributed by atoms with Crippen molar-refractivity contribution in [3.63, 3.8) is 0 Å². The van der Waals surface area contributed by atoms with Gasteiger partial charge in [-0.05, 0) is 36.1 Å². The van der Waals surface area contributed by atoms with E-state index in [0.717, 1.165) is 23.0 Å². The number of para-hydroxylation sites is 1. The molecule has 3 aromatic rings. The third-order valence-corrected chi connectivity index (χ3v) is 7.03. The minimum atomic E-state index is -3.64. The van der Waals surface area contributed by atoms with Gasteiger partial charge in [-0.1, -0.05) is 18.2 Å². The van der Waals surface area contributed by atoms with Crippen LogP contribution in [0.2, 0.25) is 0 Å². The quantitative estimate of drug-likeness (QED) is 0.730. The number of ether oxygens (including phenoxy) is 2. The molecule has 7 heteroatoms. The van der Waals surface area contributed by atoms with Crippen LogP contribution in [0.5, 0.6) is 11.5 Å². The smallest absolute Gasteiger partial charge is 0.246 e. The molecule has 1 saturated heterocycles. The first kappa shape index (κ1) is 17.9. The Morgan fingerprint density at radius 2 is 1.89 bits per heavy atom. The third kappa shape index (κ3) is 3.17. The van der Waals surface area contributed by atoms with Crippen LogP contribution in [0.4, 0.5) is 0 Å². The Hall–Kier alpha value is -2.51. The number of methoxy groups -OCH3 is 2. The molecular weight excluding hydrogens is 364 g/mol. The number of hydrogen-bond donors (Lipinski definition) is 1. The Kier molecular flexibility index (Phi) is 4.57. The Bertz CT molecular complexity index is 1040. The molecule has 1 atom stereocenters. The van der Waals surface area contributed by atoms with Gasteiger partial charge < -0.3 is 14.5 Å². The zero-order valence-electron chi connectivity index (χ0n) is 15.3.